The Morgan fingerprint density at radius 1 is 0.931 bits per heavy atom. The summed E-state index contributed by atoms with van der Waals surface area (Å²) >= 11 is 0. The van der Waals surface area contributed by atoms with Crippen LogP contribution in [-0.4, -0.2) is 58.0 Å². The summed E-state index contributed by atoms with van der Waals surface area (Å²) in [5, 5.41) is 0. The minimum Gasteiger partial charge on any atom is -0.336 e. The Hall–Kier alpha value is -3.06. The van der Waals surface area contributed by atoms with Crippen LogP contribution in [-0.2, 0) is 6.54 Å². The highest BCUT2D eigenvalue weighted by Crippen LogP contribution is 2.17. The molecule has 5 nitrogen and oxygen atoms in total. The average molecular weight is 396 g/mol. The normalized spacial score (nSPS) is 14.9. The van der Waals surface area contributed by atoms with Crippen LogP contribution in [0, 0.1) is 11.6 Å². The van der Waals surface area contributed by atoms with E-state index < -0.39 is 11.6 Å². The summed E-state index contributed by atoms with van der Waals surface area (Å²) < 4.78 is 28.6. The number of hydrogen-bond acceptors (Lipinski definition) is 3. The van der Waals surface area contributed by atoms with Gasteiger partial charge in [-0.1, -0.05) is 30.3 Å². The van der Waals surface area contributed by atoms with Crippen molar-refractivity contribution in [3.05, 3.63) is 78.1 Å². The standard InChI is InChI=1S/C22H22F2N4O/c23-19-7-6-18(16-20(19)24)22(29)28-14-11-26(12-15-28)10-13-27-9-8-25-21(27)17-4-2-1-3-5-17/h1-9,16H,10-15H2. The van der Waals surface area contributed by atoms with Crippen molar-refractivity contribution in [2.24, 2.45) is 0 Å². The number of imidazole rings is 1. The Morgan fingerprint density at radius 2 is 1.69 bits per heavy atom. The fourth-order valence-electron chi connectivity index (χ4n) is 3.57. The van der Waals surface area contributed by atoms with Crippen LogP contribution < -0.4 is 0 Å². The first-order valence-corrected chi connectivity index (χ1v) is 9.65. The molecule has 1 fully saturated rings. The Balaban J connectivity index is 1.31. The zero-order chi connectivity index (χ0) is 20.2. The Kier molecular flexibility index (Phi) is 5.67. The van der Waals surface area contributed by atoms with Crippen LogP contribution in [0.25, 0.3) is 11.4 Å². The third-order valence-corrected chi connectivity index (χ3v) is 5.23. The van der Waals surface area contributed by atoms with Gasteiger partial charge in [-0.15, -0.1) is 0 Å². The van der Waals surface area contributed by atoms with Crippen LogP contribution in [0.4, 0.5) is 8.78 Å². The van der Waals surface area contributed by atoms with E-state index in [0.29, 0.717) is 13.1 Å². The smallest absolute Gasteiger partial charge is 0.254 e. The topological polar surface area (TPSA) is 41.4 Å². The molecule has 0 N–H and O–H groups in total. The predicted octanol–water partition coefficient (Wildman–Crippen LogP) is 3.29. The van der Waals surface area contributed by atoms with E-state index in [1.807, 2.05) is 36.5 Å². The van der Waals surface area contributed by atoms with Gasteiger partial charge in [0.2, 0.25) is 0 Å². The highest BCUT2D eigenvalue weighted by molar-refractivity contribution is 5.94. The van der Waals surface area contributed by atoms with Crippen LogP contribution in [0.5, 0.6) is 0 Å². The molecule has 4 rings (SSSR count). The summed E-state index contributed by atoms with van der Waals surface area (Å²) in [5.74, 6) is -1.26. The van der Waals surface area contributed by atoms with E-state index >= 15 is 0 Å². The molecule has 1 amide bonds. The van der Waals surface area contributed by atoms with Crippen LogP contribution >= 0.6 is 0 Å². The number of benzene rings is 2. The van der Waals surface area contributed by atoms with Crippen molar-refractivity contribution in [3.63, 3.8) is 0 Å². The van der Waals surface area contributed by atoms with E-state index in [1.165, 1.54) is 6.07 Å². The van der Waals surface area contributed by atoms with Gasteiger partial charge in [0, 0.05) is 62.8 Å². The van der Waals surface area contributed by atoms with Gasteiger partial charge in [-0.3, -0.25) is 9.69 Å². The zero-order valence-electron chi connectivity index (χ0n) is 16.0. The number of carbonyl (C=O) groups is 1. The number of nitrogens with zero attached hydrogens (tertiary/aromatic N) is 4. The molecule has 0 spiro atoms. The van der Waals surface area contributed by atoms with Gasteiger partial charge in [0.15, 0.2) is 11.6 Å². The summed E-state index contributed by atoms with van der Waals surface area (Å²) in [6, 6.07) is 13.4. The van der Waals surface area contributed by atoms with Crippen molar-refractivity contribution in [2.45, 2.75) is 6.54 Å². The number of rotatable bonds is 5. The summed E-state index contributed by atoms with van der Waals surface area (Å²) in [6.45, 7) is 4.26. The van der Waals surface area contributed by atoms with Crippen molar-refractivity contribution >= 4 is 5.91 Å². The van der Waals surface area contributed by atoms with Crippen molar-refractivity contribution in [1.29, 1.82) is 0 Å². The molecule has 1 aromatic heterocycles. The van der Waals surface area contributed by atoms with Gasteiger partial charge in [-0.05, 0) is 18.2 Å². The molecular formula is C22H22F2N4O. The first kappa shape index (κ1) is 19.3. The van der Waals surface area contributed by atoms with Gasteiger partial charge in [0.25, 0.3) is 5.91 Å². The van der Waals surface area contributed by atoms with E-state index in [-0.39, 0.29) is 11.5 Å². The van der Waals surface area contributed by atoms with E-state index in [0.717, 1.165) is 49.7 Å². The molecule has 1 aliphatic heterocycles. The Bertz CT molecular complexity index is 981. The maximum absolute atomic E-state index is 13.4. The third-order valence-electron chi connectivity index (χ3n) is 5.23. The predicted molar refractivity (Wildman–Crippen MR) is 106 cm³/mol. The van der Waals surface area contributed by atoms with E-state index in [4.69, 9.17) is 0 Å². The van der Waals surface area contributed by atoms with Crippen molar-refractivity contribution < 1.29 is 13.6 Å². The molecule has 150 valence electrons. The van der Waals surface area contributed by atoms with Gasteiger partial charge < -0.3 is 9.47 Å². The van der Waals surface area contributed by atoms with Crippen molar-refractivity contribution in [1.82, 2.24) is 19.4 Å². The van der Waals surface area contributed by atoms with Gasteiger partial charge in [-0.2, -0.15) is 0 Å². The van der Waals surface area contributed by atoms with Gasteiger partial charge in [-0.25, -0.2) is 13.8 Å². The number of carbonyl (C=O) groups excluding carboxylic acids is 1. The quantitative estimate of drug-likeness (QED) is 0.665. The van der Waals surface area contributed by atoms with Gasteiger partial charge in [0.1, 0.15) is 5.82 Å². The van der Waals surface area contributed by atoms with Gasteiger partial charge in [0.05, 0.1) is 0 Å². The highest BCUT2D eigenvalue weighted by Gasteiger charge is 2.23. The Morgan fingerprint density at radius 3 is 2.41 bits per heavy atom. The molecule has 3 aromatic rings. The lowest BCUT2D eigenvalue weighted by atomic mass is 10.1. The summed E-state index contributed by atoms with van der Waals surface area (Å²) in [5.41, 5.74) is 1.27. The molecule has 2 aromatic carbocycles. The molecule has 0 aliphatic carbocycles. The first-order chi connectivity index (χ1) is 14.1. The van der Waals surface area contributed by atoms with Crippen molar-refractivity contribution in [3.8, 4) is 11.4 Å². The summed E-state index contributed by atoms with van der Waals surface area (Å²) in [4.78, 5) is 21.0. The maximum Gasteiger partial charge on any atom is 0.254 e. The molecule has 0 bridgehead atoms. The van der Waals surface area contributed by atoms with E-state index in [1.54, 1.807) is 11.1 Å². The van der Waals surface area contributed by atoms with Crippen LogP contribution in [0.3, 0.4) is 0 Å². The maximum atomic E-state index is 13.4. The fraction of sp³-hybridized carbons (Fsp3) is 0.273. The second-order valence-electron chi connectivity index (χ2n) is 7.07. The minimum absolute atomic E-state index is 0.184. The molecule has 7 heteroatoms. The Labute approximate surface area is 168 Å². The molecule has 2 heterocycles. The second kappa shape index (κ2) is 8.53. The average Bonchev–Trinajstić information content (AvgIpc) is 3.23. The van der Waals surface area contributed by atoms with Crippen LogP contribution in [0.1, 0.15) is 10.4 Å². The molecular weight excluding hydrogens is 374 g/mol. The number of amides is 1. The molecule has 29 heavy (non-hydrogen) atoms. The lowest BCUT2D eigenvalue weighted by molar-refractivity contribution is 0.0633. The molecule has 1 aliphatic rings. The summed E-state index contributed by atoms with van der Waals surface area (Å²) in [6.07, 6.45) is 3.78. The van der Waals surface area contributed by atoms with Crippen LogP contribution in [0.2, 0.25) is 0 Å². The second-order valence-corrected chi connectivity index (χ2v) is 7.07. The fourth-order valence-corrected chi connectivity index (χ4v) is 3.57. The molecule has 0 radical (unpaired) electrons. The lowest BCUT2D eigenvalue weighted by Gasteiger charge is -2.34. The third kappa shape index (κ3) is 4.35. The molecule has 0 unspecified atom stereocenters. The number of aromatic nitrogens is 2. The SMILES string of the molecule is O=C(c1ccc(F)c(F)c1)N1CCN(CCn2ccnc2-c2ccccc2)CC1. The number of piperazine rings is 1. The van der Waals surface area contributed by atoms with E-state index in [9.17, 15) is 13.6 Å². The summed E-state index contributed by atoms with van der Waals surface area (Å²) in [7, 11) is 0. The van der Waals surface area contributed by atoms with Crippen LogP contribution in [0.15, 0.2) is 60.9 Å². The molecule has 0 atom stereocenters. The monoisotopic (exact) mass is 396 g/mol. The van der Waals surface area contributed by atoms with Crippen molar-refractivity contribution in [2.75, 3.05) is 32.7 Å². The zero-order valence-corrected chi connectivity index (χ0v) is 16.0. The minimum atomic E-state index is -0.996. The molecule has 1 saturated heterocycles. The number of hydrogen-bond donors (Lipinski definition) is 0. The largest absolute Gasteiger partial charge is 0.336 e. The lowest BCUT2D eigenvalue weighted by Crippen LogP contribution is -2.49. The van der Waals surface area contributed by atoms with Gasteiger partial charge >= 0.3 is 0 Å². The number of halogens is 2. The van der Waals surface area contributed by atoms with E-state index in [2.05, 4.69) is 14.5 Å². The highest BCUT2D eigenvalue weighted by atomic mass is 19.2. The molecule has 0 saturated carbocycles. The first-order valence-electron chi connectivity index (χ1n) is 9.65.